The number of nitrogens with two attached hydrogens (primary N) is 1. The van der Waals surface area contributed by atoms with Gasteiger partial charge in [0.1, 0.15) is 0 Å². The molecule has 0 saturated heterocycles. The van der Waals surface area contributed by atoms with Gasteiger partial charge in [0.05, 0.1) is 6.10 Å². The summed E-state index contributed by atoms with van der Waals surface area (Å²) >= 11 is 0. The average molecular weight is 251 g/mol. The van der Waals surface area contributed by atoms with Crippen molar-refractivity contribution < 1.29 is 14.7 Å². The summed E-state index contributed by atoms with van der Waals surface area (Å²) in [5, 5.41) is 12.0. The van der Waals surface area contributed by atoms with E-state index in [0.29, 0.717) is 5.56 Å². The fourth-order valence-corrected chi connectivity index (χ4v) is 1.39. The minimum Gasteiger partial charge on any atom is -0.387 e. The largest absolute Gasteiger partial charge is 0.387 e. The van der Waals surface area contributed by atoms with Crippen molar-refractivity contribution in [1.29, 1.82) is 0 Å². The highest BCUT2D eigenvalue weighted by molar-refractivity contribution is 6.34. The third-order valence-electron chi connectivity index (χ3n) is 2.47. The zero-order chi connectivity index (χ0) is 13.7. The average Bonchev–Trinajstić information content (AvgIpc) is 2.35. The van der Waals surface area contributed by atoms with E-state index < -0.39 is 17.9 Å². The lowest BCUT2D eigenvalue weighted by Crippen LogP contribution is -2.38. The minimum absolute atomic E-state index is 0.0525. The van der Waals surface area contributed by atoms with Crippen LogP contribution in [0.15, 0.2) is 24.3 Å². The Balaban J connectivity index is 2.59. The molecule has 0 spiro atoms. The molecule has 1 atom stereocenters. The van der Waals surface area contributed by atoms with Crippen LogP contribution in [0, 0.1) is 0 Å². The maximum absolute atomic E-state index is 10.9. The van der Waals surface area contributed by atoms with Crippen molar-refractivity contribution in [1.82, 2.24) is 5.32 Å². The summed E-state index contributed by atoms with van der Waals surface area (Å²) in [5.41, 5.74) is 6.44. The Morgan fingerprint density at radius 3 is 2.33 bits per heavy atom. The lowest BCUT2D eigenvalue weighted by atomic mass is 10.1. The van der Waals surface area contributed by atoms with Crippen molar-refractivity contribution in [3.63, 3.8) is 0 Å². The molecular weight excluding hydrogens is 234 g/mol. The normalized spacial score (nSPS) is 11.7. The molecule has 0 aromatic heterocycles. The molecule has 2 amide bonds. The van der Waals surface area contributed by atoms with Crippen molar-refractivity contribution in [2.45, 2.75) is 6.10 Å². The number of hydrogen-bond acceptors (Lipinski definition) is 4. The van der Waals surface area contributed by atoms with E-state index in [-0.39, 0.29) is 6.54 Å². The van der Waals surface area contributed by atoms with Gasteiger partial charge in [0.25, 0.3) is 0 Å². The molecule has 0 aliphatic heterocycles. The lowest BCUT2D eigenvalue weighted by Gasteiger charge is -2.15. The first-order chi connectivity index (χ1) is 8.41. The summed E-state index contributed by atoms with van der Waals surface area (Å²) in [5.74, 6) is -1.97. The standard InChI is InChI=1S/C12H17N3O3/c1-15(2)9-5-3-8(4-6-9)10(16)7-14-12(18)11(13)17/h3-6,10,16H,7H2,1-2H3,(H2,13,17)(H,14,18). The van der Waals surface area contributed by atoms with Crippen LogP contribution in [0.5, 0.6) is 0 Å². The van der Waals surface area contributed by atoms with Gasteiger partial charge in [-0.05, 0) is 17.7 Å². The summed E-state index contributed by atoms with van der Waals surface area (Å²) in [4.78, 5) is 23.3. The summed E-state index contributed by atoms with van der Waals surface area (Å²) in [7, 11) is 3.83. The number of primary amides is 1. The molecule has 0 heterocycles. The zero-order valence-corrected chi connectivity index (χ0v) is 10.4. The summed E-state index contributed by atoms with van der Waals surface area (Å²) < 4.78 is 0. The Hall–Kier alpha value is -2.08. The molecule has 1 aromatic rings. The van der Waals surface area contributed by atoms with Crippen LogP contribution in [0.3, 0.4) is 0 Å². The van der Waals surface area contributed by atoms with Crippen molar-refractivity contribution in [3.8, 4) is 0 Å². The maximum Gasteiger partial charge on any atom is 0.309 e. The Kier molecular flexibility index (Phi) is 4.67. The first kappa shape index (κ1) is 14.0. The molecule has 1 unspecified atom stereocenters. The number of amides is 2. The summed E-state index contributed by atoms with van der Waals surface area (Å²) in [6.07, 6.45) is -0.871. The van der Waals surface area contributed by atoms with Gasteiger partial charge in [-0.25, -0.2) is 0 Å². The van der Waals surface area contributed by atoms with E-state index in [2.05, 4.69) is 5.32 Å². The molecule has 6 nitrogen and oxygen atoms in total. The van der Waals surface area contributed by atoms with Gasteiger partial charge in [0.15, 0.2) is 0 Å². The molecule has 0 radical (unpaired) electrons. The smallest absolute Gasteiger partial charge is 0.309 e. The van der Waals surface area contributed by atoms with Crippen molar-refractivity contribution >= 4 is 17.5 Å². The molecule has 1 aromatic carbocycles. The van der Waals surface area contributed by atoms with Crippen LogP contribution in [0.1, 0.15) is 11.7 Å². The molecule has 18 heavy (non-hydrogen) atoms. The summed E-state index contributed by atoms with van der Waals surface area (Å²) in [6.45, 7) is -0.0525. The zero-order valence-electron chi connectivity index (χ0n) is 10.4. The van der Waals surface area contributed by atoms with Crippen LogP contribution in [0.2, 0.25) is 0 Å². The van der Waals surface area contributed by atoms with E-state index in [1.54, 1.807) is 12.1 Å². The highest BCUT2D eigenvalue weighted by atomic mass is 16.3. The molecule has 98 valence electrons. The SMILES string of the molecule is CN(C)c1ccc(C(O)CNC(=O)C(N)=O)cc1. The fourth-order valence-electron chi connectivity index (χ4n) is 1.39. The van der Waals surface area contributed by atoms with Gasteiger partial charge in [0, 0.05) is 26.3 Å². The Morgan fingerprint density at radius 2 is 1.89 bits per heavy atom. The molecular formula is C12H17N3O3. The Morgan fingerprint density at radius 1 is 1.33 bits per heavy atom. The van der Waals surface area contributed by atoms with Gasteiger partial charge in [-0.15, -0.1) is 0 Å². The number of carbonyl (C=O) groups excluding carboxylic acids is 2. The van der Waals surface area contributed by atoms with E-state index in [1.165, 1.54) is 0 Å². The van der Waals surface area contributed by atoms with Gasteiger partial charge >= 0.3 is 11.8 Å². The minimum atomic E-state index is -1.06. The van der Waals surface area contributed by atoms with Crippen molar-refractivity contribution in [2.75, 3.05) is 25.5 Å². The molecule has 1 rings (SSSR count). The number of nitrogens with one attached hydrogen (secondary N) is 1. The van der Waals surface area contributed by atoms with Gasteiger partial charge in [0.2, 0.25) is 0 Å². The second-order valence-electron chi connectivity index (χ2n) is 4.08. The maximum atomic E-state index is 10.9. The number of anilines is 1. The van der Waals surface area contributed by atoms with Crippen molar-refractivity contribution in [3.05, 3.63) is 29.8 Å². The first-order valence-electron chi connectivity index (χ1n) is 5.45. The van der Waals surface area contributed by atoms with Gasteiger partial charge in [-0.2, -0.15) is 0 Å². The van der Waals surface area contributed by atoms with Crippen LogP contribution < -0.4 is 16.0 Å². The van der Waals surface area contributed by atoms with Crippen LogP contribution >= 0.6 is 0 Å². The third-order valence-corrected chi connectivity index (χ3v) is 2.47. The van der Waals surface area contributed by atoms with Crippen molar-refractivity contribution in [2.24, 2.45) is 5.73 Å². The molecule has 4 N–H and O–H groups in total. The highest BCUT2D eigenvalue weighted by Gasteiger charge is 2.12. The number of nitrogens with zero attached hydrogens (tertiary/aromatic N) is 1. The van der Waals surface area contributed by atoms with E-state index in [4.69, 9.17) is 5.73 Å². The van der Waals surface area contributed by atoms with Gasteiger partial charge < -0.3 is 21.1 Å². The molecule has 0 bridgehead atoms. The third kappa shape index (κ3) is 3.74. The van der Waals surface area contributed by atoms with E-state index in [1.807, 2.05) is 31.1 Å². The quantitative estimate of drug-likeness (QED) is 0.622. The fraction of sp³-hybridized carbons (Fsp3) is 0.333. The van der Waals surface area contributed by atoms with Crippen LogP contribution in [-0.2, 0) is 9.59 Å². The highest BCUT2D eigenvalue weighted by Crippen LogP contribution is 2.17. The molecule has 6 heteroatoms. The van der Waals surface area contributed by atoms with Crippen LogP contribution in [-0.4, -0.2) is 37.6 Å². The summed E-state index contributed by atoms with van der Waals surface area (Å²) in [6, 6.07) is 7.23. The predicted octanol–water partition coefficient (Wildman–Crippen LogP) is -0.612. The lowest BCUT2D eigenvalue weighted by molar-refractivity contribution is -0.137. The number of aliphatic hydroxyl groups is 1. The second-order valence-corrected chi connectivity index (χ2v) is 4.08. The Bertz CT molecular complexity index is 429. The molecule has 0 fully saturated rings. The predicted molar refractivity (Wildman–Crippen MR) is 67.9 cm³/mol. The van der Waals surface area contributed by atoms with E-state index >= 15 is 0 Å². The topological polar surface area (TPSA) is 95.7 Å². The molecule has 0 saturated carbocycles. The monoisotopic (exact) mass is 251 g/mol. The van der Waals surface area contributed by atoms with Crippen LogP contribution in [0.4, 0.5) is 5.69 Å². The number of rotatable bonds is 4. The second kappa shape index (κ2) is 6.02. The van der Waals surface area contributed by atoms with E-state index in [9.17, 15) is 14.7 Å². The molecule has 0 aliphatic carbocycles. The first-order valence-corrected chi connectivity index (χ1v) is 5.45. The number of benzene rings is 1. The number of hydrogen-bond donors (Lipinski definition) is 3. The number of carbonyl (C=O) groups is 2. The van der Waals surface area contributed by atoms with E-state index in [0.717, 1.165) is 5.69 Å². The van der Waals surface area contributed by atoms with Gasteiger partial charge in [-0.1, -0.05) is 12.1 Å². The Labute approximate surface area is 105 Å². The van der Waals surface area contributed by atoms with Gasteiger partial charge in [-0.3, -0.25) is 9.59 Å². The number of aliphatic hydroxyl groups excluding tert-OH is 1. The van der Waals surface area contributed by atoms with Crippen LogP contribution in [0.25, 0.3) is 0 Å². The molecule has 0 aliphatic rings.